The molecule has 6 rings (SSSR count). The van der Waals surface area contributed by atoms with Gasteiger partial charge in [-0.2, -0.15) is 0 Å². The van der Waals surface area contributed by atoms with Gasteiger partial charge in [-0.15, -0.1) is 0 Å². The number of carbonyl (C=O) groups is 2. The summed E-state index contributed by atoms with van der Waals surface area (Å²) in [5, 5.41) is 1.09. The molecule has 1 fully saturated rings. The number of fused-ring (bicyclic) bond motifs is 4. The van der Waals surface area contributed by atoms with Crippen molar-refractivity contribution >= 4 is 28.5 Å². The van der Waals surface area contributed by atoms with Crippen LogP contribution >= 0.6 is 0 Å². The van der Waals surface area contributed by atoms with Gasteiger partial charge in [-0.05, 0) is 53.9 Å². The van der Waals surface area contributed by atoms with Crippen molar-refractivity contribution in [3.63, 3.8) is 0 Å². The summed E-state index contributed by atoms with van der Waals surface area (Å²) in [5.74, 6) is 0.523. The van der Waals surface area contributed by atoms with Gasteiger partial charge in [0.15, 0.2) is 0 Å². The number of nitrogens with zero attached hydrogens (tertiary/aromatic N) is 2. The molecule has 6 nitrogen and oxygen atoms in total. The fraction of sp³-hybridized carbons (Fsp3) is 0.185. The fourth-order valence-electron chi connectivity index (χ4n) is 5.24. The average molecular weight is 437 g/mol. The van der Waals surface area contributed by atoms with Gasteiger partial charge in [-0.1, -0.05) is 42.5 Å². The Morgan fingerprint density at radius 1 is 0.970 bits per heavy atom. The maximum absolute atomic E-state index is 13.8. The third-order valence-corrected chi connectivity index (χ3v) is 6.72. The van der Waals surface area contributed by atoms with Gasteiger partial charge < -0.3 is 9.72 Å². The van der Waals surface area contributed by atoms with Crippen LogP contribution in [-0.2, 0) is 11.2 Å². The number of urea groups is 1. The van der Waals surface area contributed by atoms with Gasteiger partial charge in [0.05, 0.1) is 12.8 Å². The second kappa shape index (κ2) is 7.24. The highest BCUT2D eigenvalue weighted by atomic mass is 16.5. The SMILES string of the molecule is COc1cccc(C2c3[nH]c4ccccc4c3C[C@H]3C(=O)N(c4cccc(C)c4)C(=O)N23)c1. The molecule has 1 aromatic heterocycles. The lowest BCUT2D eigenvalue weighted by atomic mass is 9.89. The van der Waals surface area contributed by atoms with Crippen LogP contribution in [-0.4, -0.2) is 35.0 Å². The first-order valence-corrected chi connectivity index (χ1v) is 11.0. The molecule has 6 heteroatoms. The molecule has 0 bridgehead atoms. The molecule has 2 aliphatic heterocycles. The standard InChI is InChI=1S/C27H23N3O3/c1-16-7-5-9-18(13-16)29-26(31)23-15-21-20-11-3-4-12-22(20)28-24(21)25(30(23)27(29)32)17-8-6-10-19(14-17)33-2/h3-14,23,25,28H,15H2,1-2H3/t23-,25?/m0/s1. The summed E-state index contributed by atoms with van der Waals surface area (Å²) >= 11 is 0. The monoisotopic (exact) mass is 437 g/mol. The Kier molecular flexibility index (Phi) is 4.30. The summed E-state index contributed by atoms with van der Waals surface area (Å²) in [5.41, 5.74) is 5.56. The Labute approximate surface area is 191 Å². The largest absolute Gasteiger partial charge is 0.497 e. The number of para-hydroxylation sites is 1. The molecule has 164 valence electrons. The average Bonchev–Trinajstić information content (AvgIpc) is 3.32. The predicted molar refractivity (Wildman–Crippen MR) is 127 cm³/mol. The number of H-pyrrole nitrogens is 1. The number of benzene rings is 3. The van der Waals surface area contributed by atoms with Crippen molar-refractivity contribution in [1.29, 1.82) is 0 Å². The molecule has 33 heavy (non-hydrogen) atoms. The van der Waals surface area contributed by atoms with Crippen molar-refractivity contribution in [2.45, 2.75) is 25.4 Å². The van der Waals surface area contributed by atoms with Crippen LogP contribution in [0.25, 0.3) is 10.9 Å². The number of aryl methyl sites for hydroxylation is 1. The van der Waals surface area contributed by atoms with E-state index in [0.717, 1.165) is 33.3 Å². The van der Waals surface area contributed by atoms with Crippen molar-refractivity contribution in [1.82, 2.24) is 9.88 Å². The number of carbonyl (C=O) groups excluding carboxylic acids is 2. The van der Waals surface area contributed by atoms with Crippen LogP contribution in [0.2, 0.25) is 0 Å². The van der Waals surface area contributed by atoms with Crippen molar-refractivity contribution in [3.05, 3.63) is 95.2 Å². The number of amides is 3. The number of hydrogen-bond acceptors (Lipinski definition) is 3. The zero-order valence-electron chi connectivity index (χ0n) is 18.4. The maximum Gasteiger partial charge on any atom is 0.332 e. The summed E-state index contributed by atoms with van der Waals surface area (Å²) in [6, 6.07) is 22.1. The van der Waals surface area contributed by atoms with E-state index in [4.69, 9.17) is 4.74 Å². The minimum absolute atomic E-state index is 0.186. The number of rotatable bonds is 3. The first-order valence-electron chi connectivity index (χ1n) is 11.0. The van der Waals surface area contributed by atoms with Crippen LogP contribution < -0.4 is 9.64 Å². The molecule has 2 aliphatic rings. The van der Waals surface area contributed by atoms with Gasteiger partial charge in [-0.25, -0.2) is 9.69 Å². The van der Waals surface area contributed by atoms with Crippen LogP contribution in [0.4, 0.5) is 10.5 Å². The quantitative estimate of drug-likeness (QED) is 0.461. The lowest BCUT2D eigenvalue weighted by molar-refractivity contribution is -0.120. The molecule has 0 saturated carbocycles. The number of ether oxygens (including phenoxy) is 1. The molecule has 2 atom stereocenters. The molecule has 1 saturated heterocycles. The van der Waals surface area contributed by atoms with E-state index in [2.05, 4.69) is 11.1 Å². The van der Waals surface area contributed by atoms with E-state index >= 15 is 0 Å². The number of aromatic amines is 1. The third-order valence-electron chi connectivity index (χ3n) is 6.72. The summed E-state index contributed by atoms with van der Waals surface area (Å²) < 4.78 is 5.46. The maximum atomic E-state index is 13.8. The van der Waals surface area contributed by atoms with Crippen molar-refractivity contribution in [3.8, 4) is 5.75 Å². The van der Waals surface area contributed by atoms with Crippen molar-refractivity contribution in [2.24, 2.45) is 0 Å². The van der Waals surface area contributed by atoms with Crippen LogP contribution in [0.1, 0.15) is 28.4 Å². The second-order valence-corrected chi connectivity index (χ2v) is 8.66. The first kappa shape index (κ1) is 19.6. The zero-order valence-corrected chi connectivity index (χ0v) is 18.4. The number of imide groups is 1. The van der Waals surface area contributed by atoms with Gasteiger partial charge in [0.2, 0.25) is 0 Å². The fourth-order valence-corrected chi connectivity index (χ4v) is 5.24. The van der Waals surface area contributed by atoms with Crippen molar-refractivity contribution in [2.75, 3.05) is 12.0 Å². The molecule has 4 aromatic rings. The summed E-state index contributed by atoms with van der Waals surface area (Å²) in [6.07, 6.45) is 0.479. The lowest BCUT2D eigenvalue weighted by Crippen LogP contribution is -2.44. The summed E-state index contributed by atoms with van der Waals surface area (Å²) in [4.78, 5) is 34.1. The molecular formula is C27H23N3O3. The molecular weight excluding hydrogens is 414 g/mol. The van der Waals surface area contributed by atoms with E-state index in [0.29, 0.717) is 17.9 Å². The highest BCUT2D eigenvalue weighted by Crippen LogP contribution is 2.45. The van der Waals surface area contributed by atoms with Gasteiger partial charge >= 0.3 is 6.03 Å². The molecule has 0 aliphatic carbocycles. The van der Waals surface area contributed by atoms with Crippen LogP contribution in [0.5, 0.6) is 5.75 Å². The van der Waals surface area contributed by atoms with E-state index in [1.165, 1.54) is 4.90 Å². The number of anilines is 1. The van der Waals surface area contributed by atoms with Gasteiger partial charge in [-0.3, -0.25) is 9.69 Å². The van der Waals surface area contributed by atoms with Crippen LogP contribution in [0.3, 0.4) is 0 Å². The van der Waals surface area contributed by atoms with Crippen molar-refractivity contribution < 1.29 is 14.3 Å². The third kappa shape index (κ3) is 2.87. The molecule has 3 heterocycles. The first-order chi connectivity index (χ1) is 16.1. The summed E-state index contributed by atoms with van der Waals surface area (Å²) in [6.45, 7) is 1.96. The van der Waals surface area contributed by atoms with E-state index in [1.807, 2.05) is 73.7 Å². The number of hydrogen-bond donors (Lipinski definition) is 1. The summed E-state index contributed by atoms with van der Waals surface area (Å²) in [7, 11) is 1.63. The van der Waals surface area contributed by atoms with Crippen LogP contribution in [0, 0.1) is 6.92 Å². The highest BCUT2D eigenvalue weighted by molar-refractivity contribution is 6.22. The van der Waals surface area contributed by atoms with Crippen LogP contribution in [0.15, 0.2) is 72.8 Å². The Balaban J connectivity index is 1.55. The van der Waals surface area contributed by atoms with E-state index < -0.39 is 12.1 Å². The van der Waals surface area contributed by atoms with E-state index in [9.17, 15) is 9.59 Å². The minimum Gasteiger partial charge on any atom is -0.497 e. The smallest absolute Gasteiger partial charge is 0.332 e. The Morgan fingerprint density at radius 3 is 2.61 bits per heavy atom. The zero-order chi connectivity index (χ0) is 22.7. The number of nitrogens with one attached hydrogen (secondary N) is 1. The van der Waals surface area contributed by atoms with Gasteiger partial charge in [0.1, 0.15) is 17.8 Å². The number of aromatic nitrogens is 1. The second-order valence-electron chi connectivity index (χ2n) is 8.66. The Bertz CT molecular complexity index is 1420. The molecule has 3 amide bonds. The molecule has 0 radical (unpaired) electrons. The minimum atomic E-state index is -0.569. The molecule has 1 unspecified atom stereocenters. The topological polar surface area (TPSA) is 65.6 Å². The predicted octanol–water partition coefficient (Wildman–Crippen LogP) is 4.97. The van der Waals surface area contributed by atoms with E-state index in [-0.39, 0.29) is 11.9 Å². The lowest BCUT2D eigenvalue weighted by Gasteiger charge is -2.36. The van der Waals surface area contributed by atoms with E-state index in [1.54, 1.807) is 12.0 Å². The Morgan fingerprint density at radius 2 is 1.79 bits per heavy atom. The molecule has 3 aromatic carbocycles. The number of methoxy groups -OCH3 is 1. The normalized spacial score (nSPS) is 19.7. The molecule has 1 N–H and O–H groups in total. The Hall–Kier alpha value is -4.06. The molecule has 0 spiro atoms. The highest BCUT2D eigenvalue weighted by Gasteiger charge is 2.53. The van der Waals surface area contributed by atoms with Gasteiger partial charge in [0.25, 0.3) is 5.91 Å². The van der Waals surface area contributed by atoms with Gasteiger partial charge in [0, 0.05) is 23.0 Å².